The number of ketones is 1. The van der Waals surface area contributed by atoms with Crippen molar-refractivity contribution in [3.63, 3.8) is 0 Å². The third kappa shape index (κ3) is 5.78. The van der Waals surface area contributed by atoms with E-state index in [1.807, 2.05) is 43.3 Å². The predicted octanol–water partition coefficient (Wildman–Crippen LogP) is 6.41. The van der Waals surface area contributed by atoms with Gasteiger partial charge in [0.15, 0.2) is 5.78 Å². The number of aliphatic imine (C=N–C) groups is 1. The molecule has 0 aliphatic carbocycles. The average Bonchev–Trinajstić information content (AvgIpc) is 2.66. The maximum atomic E-state index is 12.8. The molecule has 0 atom stereocenters. The Bertz CT molecular complexity index is 806. The van der Waals surface area contributed by atoms with Gasteiger partial charge in [0.2, 0.25) is 0 Å². The summed E-state index contributed by atoms with van der Waals surface area (Å²) < 4.78 is 5.45. The first kappa shape index (κ1) is 20.9. The van der Waals surface area contributed by atoms with Crippen molar-refractivity contribution in [2.24, 2.45) is 10.9 Å². The largest absolute Gasteiger partial charge is 0.496 e. The number of unbranched alkanes of at least 4 members (excludes halogenated alkanes) is 1. The van der Waals surface area contributed by atoms with Crippen LogP contribution in [0.1, 0.15) is 68.4 Å². The van der Waals surface area contributed by atoms with Gasteiger partial charge in [0.05, 0.1) is 12.8 Å². The summed E-state index contributed by atoms with van der Waals surface area (Å²) in [6.45, 7) is 8.44. The van der Waals surface area contributed by atoms with Crippen molar-refractivity contribution < 1.29 is 9.53 Å². The lowest BCUT2D eigenvalue weighted by Gasteiger charge is -2.12. The van der Waals surface area contributed by atoms with Gasteiger partial charge < -0.3 is 4.74 Å². The normalized spacial score (nSPS) is 11.7. The monoisotopic (exact) mass is 365 g/mol. The number of hydrogen-bond acceptors (Lipinski definition) is 3. The topological polar surface area (TPSA) is 38.7 Å². The van der Waals surface area contributed by atoms with Crippen LogP contribution in [0.25, 0.3) is 0 Å². The molecule has 0 saturated heterocycles. The molecule has 2 rings (SSSR count). The molecule has 144 valence electrons. The van der Waals surface area contributed by atoms with E-state index >= 15 is 0 Å². The Morgan fingerprint density at radius 1 is 1.11 bits per heavy atom. The highest BCUT2D eigenvalue weighted by Gasteiger charge is 2.14. The fourth-order valence-electron chi connectivity index (χ4n) is 3.16. The van der Waals surface area contributed by atoms with E-state index in [2.05, 4.69) is 26.8 Å². The summed E-state index contributed by atoms with van der Waals surface area (Å²) in [5.41, 5.74) is 4.45. The van der Waals surface area contributed by atoms with Crippen LogP contribution in [0, 0.1) is 5.92 Å². The van der Waals surface area contributed by atoms with Gasteiger partial charge in [0.25, 0.3) is 0 Å². The molecule has 0 heterocycles. The van der Waals surface area contributed by atoms with Crippen molar-refractivity contribution >= 4 is 17.2 Å². The standard InChI is InChI=1S/C24H31NO2/c1-6-7-11-23(26)21-16-19(15-17(2)3)13-14-22(21)25-18(4)20-10-8-9-12-24(20)27-5/h8-10,12-14,16-17H,6-7,11,15H2,1-5H3. The molecule has 0 aromatic heterocycles. The Balaban J connectivity index is 2.45. The van der Waals surface area contributed by atoms with Gasteiger partial charge in [-0.2, -0.15) is 0 Å². The van der Waals surface area contributed by atoms with Crippen molar-refractivity contribution in [2.75, 3.05) is 7.11 Å². The molecule has 0 radical (unpaired) electrons. The first-order valence-electron chi connectivity index (χ1n) is 9.81. The number of ether oxygens (including phenoxy) is 1. The maximum absolute atomic E-state index is 12.8. The SMILES string of the molecule is CCCCC(=O)c1cc(CC(C)C)ccc1N=C(C)c1ccccc1OC. The van der Waals surface area contributed by atoms with Gasteiger partial charge >= 0.3 is 0 Å². The zero-order valence-corrected chi connectivity index (χ0v) is 17.2. The molecule has 2 aromatic carbocycles. The fourth-order valence-corrected chi connectivity index (χ4v) is 3.16. The number of hydrogen-bond donors (Lipinski definition) is 0. The number of nitrogens with zero attached hydrogens (tertiary/aromatic N) is 1. The smallest absolute Gasteiger partial charge is 0.165 e. The molecule has 3 nitrogen and oxygen atoms in total. The third-order valence-corrected chi connectivity index (χ3v) is 4.55. The van der Waals surface area contributed by atoms with E-state index in [0.29, 0.717) is 12.3 Å². The summed E-state index contributed by atoms with van der Waals surface area (Å²) >= 11 is 0. The number of Topliss-reactive ketones (excluding diaryl/α,β-unsaturated/α-hetero) is 1. The molecular weight excluding hydrogens is 334 g/mol. The summed E-state index contributed by atoms with van der Waals surface area (Å²) in [7, 11) is 1.66. The van der Waals surface area contributed by atoms with E-state index in [4.69, 9.17) is 9.73 Å². The molecule has 0 amide bonds. The van der Waals surface area contributed by atoms with Gasteiger partial charge in [0.1, 0.15) is 5.75 Å². The van der Waals surface area contributed by atoms with Crippen LogP contribution in [0.2, 0.25) is 0 Å². The lowest BCUT2D eigenvalue weighted by Crippen LogP contribution is -2.04. The maximum Gasteiger partial charge on any atom is 0.165 e. The second-order valence-electron chi connectivity index (χ2n) is 7.37. The van der Waals surface area contributed by atoms with Gasteiger partial charge in [0, 0.05) is 23.3 Å². The van der Waals surface area contributed by atoms with Crippen LogP contribution in [-0.2, 0) is 6.42 Å². The molecule has 0 N–H and O–H groups in total. The molecule has 2 aromatic rings. The van der Waals surface area contributed by atoms with Crippen LogP contribution in [0.3, 0.4) is 0 Å². The van der Waals surface area contributed by atoms with Crippen molar-refractivity contribution in [1.29, 1.82) is 0 Å². The van der Waals surface area contributed by atoms with E-state index in [0.717, 1.165) is 47.5 Å². The average molecular weight is 366 g/mol. The van der Waals surface area contributed by atoms with Crippen molar-refractivity contribution in [3.05, 3.63) is 59.2 Å². The Hall–Kier alpha value is -2.42. The number of rotatable bonds is 9. The summed E-state index contributed by atoms with van der Waals surface area (Å²) in [5.74, 6) is 1.51. The molecule has 27 heavy (non-hydrogen) atoms. The van der Waals surface area contributed by atoms with Gasteiger partial charge in [-0.05, 0) is 55.5 Å². The molecule has 3 heteroatoms. The molecule has 0 spiro atoms. The zero-order valence-electron chi connectivity index (χ0n) is 17.2. The first-order valence-corrected chi connectivity index (χ1v) is 9.81. The molecule has 0 aliphatic rings. The Kier molecular flexibility index (Phi) is 7.78. The van der Waals surface area contributed by atoms with Crippen molar-refractivity contribution in [1.82, 2.24) is 0 Å². The highest BCUT2D eigenvalue weighted by atomic mass is 16.5. The van der Waals surface area contributed by atoms with Crippen molar-refractivity contribution in [3.8, 4) is 5.75 Å². The van der Waals surface area contributed by atoms with Crippen LogP contribution >= 0.6 is 0 Å². The second kappa shape index (κ2) is 10.1. The predicted molar refractivity (Wildman–Crippen MR) is 114 cm³/mol. The minimum absolute atomic E-state index is 0.175. The van der Waals surface area contributed by atoms with Gasteiger partial charge in [-0.1, -0.05) is 45.4 Å². The zero-order chi connectivity index (χ0) is 19.8. The van der Waals surface area contributed by atoms with Gasteiger partial charge in [-0.15, -0.1) is 0 Å². The summed E-state index contributed by atoms with van der Waals surface area (Å²) in [5, 5.41) is 0. The van der Waals surface area contributed by atoms with Crippen LogP contribution in [0.5, 0.6) is 5.75 Å². The van der Waals surface area contributed by atoms with Crippen LogP contribution in [-0.4, -0.2) is 18.6 Å². The summed E-state index contributed by atoms with van der Waals surface area (Å²) in [6, 6.07) is 13.9. The lowest BCUT2D eigenvalue weighted by atomic mass is 9.96. The minimum atomic E-state index is 0.175. The Labute approximate surface area is 163 Å². The molecule has 0 aliphatic heterocycles. The van der Waals surface area contributed by atoms with Crippen LogP contribution < -0.4 is 4.74 Å². The van der Waals surface area contributed by atoms with E-state index in [9.17, 15) is 4.79 Å². The molecular formula is C24H31NO2. The van der Waals surface area contributed by atoms with Crippen LogP contribution in [0.15, 0.2) is 47.5 Å². The number of para-hydroxylation sites is 1. The van der Waals surface area contributed by atoms with Gasteiger partial charge in [-0.3, -0.25) is 9.79 Å². The quantitative estimate of drug-likeness (QED) is 0.380. The highest BCUT2D eigenvalue weighted by Crippen LogP contribution is 2.27. The molecule has 0 fully saturated rings. The number of benzene rings is 2. The van der Waals surface area contributed by atoms with Gasteiger partial charge in [-0.25, -0.2) is 0 Å². The van der Waals surface area contributed by atoms with Crippen molar-refractivity contribution in [2.45, 2.75) is 53.4 Å². The molecule has 0 saturated carbocycles. The third-order valence-electron chi connectivity index (χ3n) is 4.55. The lowest BCUT2D eigenvalue weighted by molar-refractivity contribution is 0.0980. The highest BCUT2D eigenvalue weighted by molar-refractivity contribution is 6.06. The number of carbonyl (C=O) groups is 1. The van der Waals surface area contributed by atoms with E-state index in [1.54, 1.807) is 7.11 Å². The minimum Gasteiger partial charge on any atom is -0.496 e. The first-order chi connectivity index (χ1) is 13.0. The number of methoxy groups -OCH3 is 1. The Morgan fingerprint density at radius 2 is 1.85 bits per heavy atom. The summed E-state index contributed by atoms with van der Waals surface area (Å²) in [4.78, 5) is 17.6. The van der Waals surface area contributed by atoms with E-state index in [1.165, 1.54) is 5.56 Å². The summed E-state index contributed by atoms with van der Waals surface area (Å²) in [6.07, 6.45) is 3.44. The van der Waals surface area contributed by atoms with Crippen LogP contribution in [0.4, 0.5) is 5.69 Å². The van der Waals surface area contributed by atoms with E-state index in [-0.39, 0.29) is 5.78 Å². The van der Waals surface area contributed by atoms with E-state index < -0.39 is 0 Å². The Morgan fingerprint density at radius 3 is 2.52 bits per heavy atom. The second-order valence-corrected chi connectivity index (χ2v) is 7.37. The number of carbonyl (C=O) groups excluding carboxylic acids is 1. The molecule has 0 unspecified atom stereocenters. The molecule has 0 bridgehead atoms. The fraction of sp³-hybridized carbons (Fsp3) is 0.417.